The molecule has 2 N–H and O–H groups in total. The molecule has 0 aliphatic heterocycles. The summed E-state index contributed by atoms with van der Waals surface area (Å²) in [4.78, 5) is 23.9. The van der Waals surface area contributed by atoms with E-state index >= 15 is 0 Å². The topological polar surface area (TPSA) is 73.7 Å². The number of aliphatic carboxylic acids is 1. The maximum Gasteiger partial charge on any atom is 0.222 e. The molecule has 0 aromatic rings. The lowest BCUT2D eigenvalue weighted by Crippen LogP contribution is -3.05. The first-order chi connectivity index (χ1) is 8.88. The molecule has 0 radical (unpaired) electrons. The third kappa shape index (κ3) is 8.59. The molecule has 0 rings (SSSR count). The zero-order valence-corrected chi connectivity index (χ0v) is 12.6. The van der Waals surface area contributed by atoms with Gasteiger partial charge in [-0.2, -0.15) is 0 Å². The summed E-state index contributed by atoms with van der Waals surface area (Å²) in [5.41, 5.74) is 0. The molecule has 5 heteroatoms. The zero-order valence-electron chi connectivity index (χ0n) is 12.6. The van der Waals surface area contributed by atoms with Crippen LogP contribution < -0.4 is 15.3 Å². The molecule has 2 atom stereocenters. The molecule has 1 amide bonds. The fourth-order valence-corrected chi connectivity index (χ4v) is 1.90. The average Bonchev–Trinajstić information content (AvgIpc) is 2.34. The molecule has 112 valence electrons. The van der Waals surface area contributed by atoms with Gasteiger partial charge in [-0.1, -0.05) is 13.8 Å². The minimum atomic E-state index is -1.01. The Balaban J connectivity index is 3.84. The van der Waals surface area contributed by atoms with Crippen molar-refractivity contribution in [2.75, 3.05) is 27.2 Å². The SMILES string of the molecule is CCC(CCC(C)C(=O)NCCC[NH+](C)C)C(=O)[O-]. The number of amides is 1. The van der Waals surface area contributed by atoms with Crippen LogP contribution in [0.4, 0.5) is 0 Å². The molecule has 0 spiro atoms. The quantitative estimate of drug-likeness (QED) is 0.492. The Labute approximate surface area is 116 Å². The van der Waals surface area contributed by atoms with E-state index in [1.54, 1.807) is 0 Å². The number of carboxylic acid groups (broad SMARTS) is 1. The maximum atomic E-state index is 11.8. The molecule has 0 bridgehead atoms. The van der Waals surface area contributed by atoms with Crippen molar-refractivity contribution in [1.82, 2.24) is 5.32 Å². The first kappa shape index (κ1) is 17.9. The fraction of sp³-hybridized carbons (Fsp3) is 0.857. The number of rotatable bonds is 10. The van der Waals surface area contributed by atoms with Gasteiger partial charge in [0.05, 0.1) is 20.6 Å². The van der Waals surface area contributed by atoms with Crippen LogP contribution in [-0.4, -0.2) is 39.1 Å². The molecule has 0 saturated heterocycles. The fourth-order valence-electron chi connectivity index (χ4n) is 1.90. The number of nitrogens with one attached hydrogen (secondary N) is 2. The molecule has 0 saturated carbocycles. The Morgan fingerprint density at radius 1 is 1.26 bits per heavy atom. The number of quaternary nitrogens is 1. The van der Waals surface area contributed by atoms with E-state index in [4.69, 9.17) is 0 Å². The lowest BCUT2D eigenvalue weighted by molar-refractivity contribution is -0.858. The van der Waals surface area contributed by atoms with Crippen molar-refractivity contribution in [2.24, 2.45) is 11.8 Å². The van der Waals surface area contributed by atoms with Crippen molar-refractivity contribution in [3.8, 4) is 0 Å². The highest BCUT2D eigenvalue weighted by Gasteiger charge is 2.15. The first-order valence-electron chi connectivity index (χ1n) is 7.16. The average molecular weight is 272 g/mol. The summed E-state index contributed by atoms with van der Waals surface area (Å²) in [6.07, 6.45) is 2.62. The van der Waals surface area contributed by atoms with Crippen LogP contribution in [0.25, 0.3) is 0 Å². The molecule has 0 aliphatic carbocycles. The summed E-state index contributed by atoms with van der Waals surface area (Å²) in [6.45, 7) is 5.38. The van der Waals surface area contributed by atoms with Crippen molar-refractivity contribution in [3.05, 3.63) is 0 Å². The van der Waals surface area contributed by atoms with Gasteiger partial charge in [-0.25, -0.2) is 0 Å². The Morgan fingerprint density at radius 3 is 2.37 bits per heavy atom. The summed E-state index contributed by atoms with van der Waals surface area (Å²) in [5.74, 6) is -1.57. The molecule has 0 aromatic carbocycles. The van der Waals surface area contributed by atoms with Crippen molar-refractivity contribution in [1.29, 1.82) is 0 Å². The second kappa shape index (κ2) is 9.78. The van der Waals surface area contributed by atoms with Crippen LogP contribution in [0.1, 0.15) is 39.5 Å². The van der Waals surface area contributed by atoms with Crippen molar-refractivity contribution in [2.45, 2.75) is 39.5 Å². The van der Waals surface area contributed by atoms with Gasteiger partial charge in [-0.05, 0) is 25.2 Å². The van der Waals surface area contributed by atoms with Crippen molar-refractivity contribution < 1.29 is 19.6 Å². The molecule has 5 nitrogen and oxygen atoms in total. The van der Waals surface area contributed by atoms with Crippen LogP contribution in [-0.2, 0) is 9.59 Å². The second-order valence-corrected chi connectivity index (χ2v) is 5.50. The molecular weight excluding hydrogens is 244 g/mol. The van der Waals surface area contributed by atoms with Gasteiger partial charge in [-0.15, -0.1) is 0 Å². The highest BCUT2D eigenvalue weighted by Crippen LogP contribution is 2.15. The van der Waals surface area contributed by atoms with Gasteiger partial charge in [0.25, 0.3) is 0 Å². The van der Waals surface area contributed by atoms with Crippen LogP contribution in [0.2, 0.25) is 0 Å². The predicted molar refractivity (Wildman–Crippen MR) is 72.5 cm³/mol. The van der Waals surface area contributed by atoms with Gasteiger partial charge < -0.3 is 20.1 Å². The van der Waals surface area contributed by atoms with E-state index in [9.17, 15) is 14.7 Å². The number of carboxylic acids is 1. The number of hydrogen-bond donors (Lipinski definition) is 2. The third-order valence-electron chi connectivity index (χ3n) is 3.37. The summed E-state index contributed by atoms with van der Waals surface area (Å²) < 4.78 is 0. The van der Waals surface area contributed by atoms with Crippen molar-refractivity contribution >= 4 is 11.9 Å². The van der Waals surface area contributed by atoms with Crippen LogP contribution in [0.3, 0.4) is 0 Å². The van der Waals surface area contributed by atoms with E-state index < -0.39 is 11.9 Å². The molecule has 0 heterocycles. The van der Waals surface area contributed by atoms with E-state index in [0.29, 0.717) is 25.8 Å². The largest absolute Gasteiger partial charge is 0.550 e. The lowest BCUT2D eigenvalue weighted by Gasteiger charge is -2.18. The van der Waals surface area contributed by atoms with Crippen molar-refractivity contribution in [3.63, 3.8) is 0 Å². The second-order valence-electron chi connectivity index (χ2n) is 5.50. The summed E-state index contributed by atoms with van der Waals surface area (Å²) in [6, 6.07) is 0. The first-order valence-corrected chi connectivity index (χ1v) is 7.16. The van der Waals surface area contributed by atoms with E-state index in [-0.39, 0.29) is 11.8 Å². The van der Waals surface area contributed by atoms with Gasteiger partial charge in [0.1, 0.15) is 0 Å². The van der Waals surface area contributed by atoms with Gasteiger partial charge in [0, 0.05) is 24.9 Å². The summed E-state index contributed by atoms with van der Waals surface area (Å²) in [7, 11) is 4.16. The monoisotopic (exact) mass is 272 g/mol. The molecule has 2 unspecified atom stereocenters. The summed E-state index contributed by atoms with van der Waals surface area (Å²) >= 11 is 0. The highest BCUT2D eigenvalue weighted by atomic mass is 16.4. The highest BCUT2D eigenvalue weighted by molar-refractivity contribution is 5.78. The molecular formula is C14H28N2O3. The normalized spacial score (nSPS) is 14.2. The minimum Gasteiger partial charge on any atom is -0.550 e. The Kier molecular flexibility index (Phi) is 9.21. The van der Waals surface area contributed by atoms with E-state index in [2.05, 4.69) is 19.4 Å². The van der Waals surface area contributed by atoms with Crippen LogP contribution in [0, 0.1) is 11.8 Å². The Morgan fingerprint density at radius 2 is 1.89 bits per heavy atom. The van der Waals surface area contributed by atoms with Crippen LogP contribution in [0.15, 0.2) is 0 Å². The molecule has 0 aromatic heterocycles. The molecule has 19 heavy (non-hydrogen) atoms. The Hall–Kier alpha value is -1.10. The number of hydrogen-bond acceptors (Lipinski definition) is 3. The van der Waals surface area contributed by atoms with E-state index in [0.717, 1.165) is 13.0 Å². The van der Waals surface area contributed by atoms with Crippen LogP contribution >= 0.6 is 0 Å². The Bertz CT molecular complexity index is 280. The van der Waals surface area contributed by atoms with Gasteiger partial charge >= 0.3 is 0 Å². The van der Waals surface area contributed by atoms with Gasteiger partial charge in [0.15, 0.2) is 0 Å². The van der Waals surface area contributed by atoms with E-state index in [1.807, 2.05) is 13.8 Å². The standard InChI is InChI=1S/C14H28N2O3/c1-5-12(14(18)19)8-7-11(2)13(17)15-9-6-10-16(3)4/h11-12H,5-10H2,1-4H3,(H,15,17)(H,18,19). The third-order valence-corrected chi connectivity index (χ3v) is 3.37. The smallest absolute Gasteiger partial charge is 0.222 e. The van der Waals surface area contributed by atoms with Gasteiger partial charge in [0.2, 0.25) is 5.91 Å². The predicted octanol–water partition coefficient (Wildman–Crippen LogP) is -1.17. The molecule has 0 fully saturated rings. The molecule has 0 aliphatic rings. The maximum absolute atomic E-state index is 11.8. The zero-order chi connectivity index (χ0) is 14.8. The van der Waals surface area contributed by atoms with Gasteiger partial charge in [-0.3, -0.25) is 4.79 Å². The van der Waals surface area contributed by atoms with Crippen LogP contribution in [0.5, 0.6) is 0 Å². The minimum absolute atomic E-state index is 0.0157. The number of carbonyl (C=O) groups is 2. The summed E-state index contributed by atoms with van der Waals surface area (Å²) in [5, 5.41) is 13.7. The van der Waals surface area contributed by atoms with E-state index in [1.165, 1.54) is 4.90 Å². The number of carbonyl (C=O) groups excluding carboxylic acids is 2. The lowest BCUT2D eigenvalue weighted by atomic mass is 9.94.